The summed E-state index contributed by atoms with van der Waals surface area (Å²) in [6, 6.07) is 13.8. The molecule has 7 nitrogen and oxygen atoms in total. The van der Waals surface area contributed by atoms with Crippen molar-refractivity contribution in [3.63, 3.8) is 0 Å². The maximum atomic E-state index is 13.6. The van der Waals surface area contributed by atoms with E-state index in [-0.39, 0.29) is 11.3 Å². The normalized spacial score (nSPS) is 16.5. The van der Waals surface area contributed by atoms with Crippen LogP contribution >= 0.6 is 0 Å². The summed E-state index contributed by atoms with van der Waals surface area (Å²) >= 11 is 0. The molecule has 1 amide bonds. The lowest BCUT2D eigenvalue weighted by molar-refractivity contribution is -0.129. The molecule has 166 valence electrons. The van der Waals surface area contributed by atoms with Crippen LogP contribution in [0.3, 0.4) is 0 Å². The van der Waals surface area contributed by atoms with Gasteiger partial charge in [0.1, 0.15) is 0 Å². The monoisotopic (exact) mass is 434 g/mol. The minimum absolute atomic E-state index is 0.0288. The van der Waals surface area contributed by atoms with Crippen LogP contribution in [0.2, 0.25) is 0 Å². The van der Waals surface area contributed by atoms with Crippen molar-refractivity contribution in [1.29, 1.82) is 0 Å². The molecule has 32 heavy (non-hydrogen) atoms. The molecule has 0 aliphatic carbocycles. The topological polar surface area (TPSA) is 83.2 Å². The minimum Gasteiger partial charge on any atom is -0.503 e. The van der Waals surface area contributed by atoms with Gasteiger partial charge in [0.15, 0.2) is 22.9 Å². The lowest BCUT2D eigenvalue weighted by atomic mass is 9.92. The SMILES string of the molecule is COc1cccc2cc(C(=O)C3=C(O)C(=O)N(CCN(C)C)C3c3ccccc3C)oc12. The molecular formula is C25H26N2O5. The van der Waals surface area contributed by atoms with Crippen molar-refractivity contribution in [2.45, 2.75) is 13.0 Å². The Bertz CT molecular complexity index is 1220. The highest BCUT2D eigenvalue weighted by Gasteiger charge is 2.44. The van der Waals surface area contributed by atoms with Crippen molar-refractivity contribution in [2.24, 2.45) is 0 Å². The number of benzene rings is 2. The fraction of sp³-hybridized carbons (Fsp3) is 0.280. The number of nitrogens with zero attached hydrogens (tertiary/aromatic N) is 2. The van der Waals surface area contributed by atoms with Gasteiger partial charge in [-0.25, -0.2) is 0 Å². The first-order valence-corrected chi connectivity index (χ1v) is 10.4. The van der Waals surface area contributed by atoms with Gasteiger partial charge in [0.2, 0.25) is 5.78 Å². The van der Waals surface area contributed by atoms with E-state index in [0.29, 0.717) is 29.8 Å². The number of methoxy groups -OCH3 is 1. The van der Waals surface area contributed by atoms with Crippen LogP contribution in [-0.4, -0.2) is 60.9 Å². The number of Topliss-reactive ketones (excluding diaryl/α,β-unsaturated/α-hetero) is 1. The Kier molecular flexibility index (Phi) is 5.76. The molecular weight excluding hydrogens is 408 g/mol. The second-order valence-corrected chi connectivity index (χ2v) is 8.14. The van der Waals surface area contributed by atoms with Crippen LogP contribution < -0.4 is 4.74 Å². The van der Waals surface area contributed by atoms with Crippen molar-refractivity contribution in [2.75, 3.05) is 34.3 Å². The van der Waals surface area contributed by atoms with Gasteiger partial charge in [-0.2, -0.15) is 0 Å². The molecule has 0 radical (unpaired) electrons. The number of hydrogen-bond donors (Lipinski definition) is 1. The van der Waals surface area contributed by atoms with E-state index in [0.717, 1.165) is 11.1 Å². The molecule has 2 heterocycles. The number of aryl methyl sites for hydroxylation is 1. The smallest absolute Gasteiger partial charge is 0.290 e. The molecule has 0 bridgehead atoms. The highest BCUT2D eigenvalue weighted by atomic mass is 16.5. The van der Waals surface area contributed by atoms with Gasteiger partial charge >= 0.3 is 0 Å². The van der Waals surface area contributed by atoms with Gasteiger partial charge in [0, 0.05) is 18.5 Å². The van der Waals surface area contributed by atoms with Gasteiger partial charge in [-0.05, 0) is 44.3 Å². The molecule has 0 fully saturated rings. The van der Waals surface area contributed by atoms with E-state index in [2.05, 4.69) is 0 Å². The van der Waals surface area contributed by atoms with E-state index in [1.54, 1.807) is 23.1 Å². The van der Waals surface area contributed by atoms with Gasteiger partial charge < -0.3 is 24.1 Å². The molecule has 0 saturated carbocycles. The van der Waals surface area contributed by atoms with Crippen molar-refractivity contribution in [3.05, 3.63) is 76.8 Å². The number of aliphatic hydroxyl groups excluding tert-OH is 1. The molecule has 4 rings (SSSR count). The second kappa shape index (κ2) is 8.51. The van der Waals surface area contributed by atoms with Gasteiger partial charge in [0.05, 0.1) is 18.7 Å². The standard InChI is InChI=1S/C25H26N2O5/c1-15-8-5-6-10-17(15)21-20(23(29)25(30)27(21)13-12-26(2)3)22(28)19-14-16-9-7-11-18(31-4)24(16)32-19/h5-11,14,21,29H,12-13H2,1-4H3. The van der Waals surface area contributed by atoms with Crippen molar-refractivity contribution in [3.8, 4) is 5.75 Å². The molecule has 1 aromatic heterocycles. The first-order chi connectivity index (χ1) is 15.3. The molecule has 2 aromatic carbocycles. The predicted octanol–water partition coefficient (Wildman–Crippen LogP) is 3.89. The van der Waals surface area contributed by atoms with Crippen LogP contribution in [0.1, 0.15) is 27.7 Å². The molecule has 3 aromatic rings. The van der Waals surface area contributed by atoms with Crippen LogP contribution in [0.25, 0.3) is 11.0 Å². The predicted molar refractivity (Wildman–Crippen MR) is 121 cm³/mol. The van der Waals surface area contributed by atoms with Crippen LogP contribution in [0, 0.1) is 6.92 Å². The van der Waals surface area contributed by atoms with Crippen molar-refractivity contribution < 1.29 is 23.8 Å². The fourth-order valence-corrected chi connectivity index (χ4v) is 4.08. The molecule has 1 atom stereocenters. The summed E-state index contributed by atoms with van der Waals surface area (Å²) < 4.78 is 11.2. The Balaban J connectivity index is 1.82. The average molecular weight is 434 g/mol. The Labute approximate surface area is 186 Å². The first kappa shape index (κ1) is 21.6. The summed E-state index contributed by atoms with van der Waals surface area (Å²) in [7, 11) is 5.34. The molecule has 1 N–H and O–H groups in total. The lowest BCUT2D eigenvalue weighted by Gasteiger charge is -2.28. The first-order valence-electron chi connectivity index (χ1n) is 10.4. The van der Waals surface area contributed by atoms with Crippen LogP contribution in [0.15, 0.2) is 64.3 Å². The highest BCUT2D eigenvalue weighted by Crippen LogP contribution is 2.41. The average Bonchev–Trinajstić information content (AvgIpc) is 3.32. The number of hydrogen-bond acceptors (Lipinski definition) is 6. The molecule has 0 saturated heterocycles. The van der Waals surface area contributed by atoms with Crippen LogP contribution in [-0.2, 0) is 4.79 Å². The van der Waals surface area contributed by atoms with Gasteiger partial charge in [-0.3, -0.25) is 9.59 Å². The van der Waals surface area contributed by atoms with E-state index < -0.39 is 23.5 Å². The van der Waals surface area contributed by atoms with E-state index >= 15 is 0 Å². The summed E-state index contributed by atoms with van der Waals surface area (Å²) in [5.41, 5.74) is 2.19. The third kappa shape index (κ3) is 3.65. The number of para-hydroxylation sites is 1. The van der Waals surface area contributed by atoms with E-state index in [1.807, 2.05) is 56.3 Å². The van der Waals surface area contributed by atoms with E-state index in [4.69, 9.17) is 9.15 Å². The largest absolute Gasteiger partial charge is 0.503 e. The molecule has 1 aliphatic heterocycles. The van der Waals surface area contributed by atoms with Crippen molar-refractivity contribution >= 4 is 22.7 Å². The van der Waals surface area contributed by atoms with Crippen LogP contribution in [0.5, 0.6) is 5.75 Å². The molecule has 1 aliphatic rings. The maximum Gasteiger partial charge on any atom is 0.290 e. The second-order valence-electron chi connectivity index (χ2n) is 8.14. The zero-order valence-corrected chi connectivity index (χ0v) is 18.6. The fourth-order valence-electron chi connectivity index (χ4n) is 4.08. The summed E-state index contributed by atoms with van der Waals surface area (Å²) in [6.45, 7) is 2.87. The highest BCUT2D eigenvalue weighted by molar-refractivity contribution is 6.16. The Morgan fingerprint density at radius 3 is 2.62 bits per heavy atom. The summed E-state index contributed by atoms with van der Waals surface area (Å²) in [5.74, 6) is -1.06. The molecule has 1 unspecified atom stereocenters. The Morgan fingerprint density at radius 2 is 1.94 bits per heavy atom. The number of carbonyl (C=O) groups excluding carboxylic acids is 2. The number of carbonyl (C=O) groups is 2. The van der Waals surface area contributed by atoms with Gasteiger partial charge in [-0.15, -0.1) is 0 Å². The van der Waals surface area contributed by atoms with Crippen molar-refractivity contribution in [1.82, 2.24) is 9.80 Å². The summed E-state index contributed by atoms with van der Waals surface area (Å²) in [4.78, 5) is 30.1. The van der Waals surface area contributed by atoms with Crippen LogP contribution in [0.4, 0.5) is 0 Å². The third-order valence-corrected chi connectivity index (χ3v) is 5.77. The number of fused-ring (bicyclic) bond motifs is 1. The number of ketones is 1. The zero-order chi connectivity index (χ0) is 23.0. The summed E-state index contributed by atoms with van der Waals surface area (Å²) in [6.07, 6.45) is 0. The minimum atomic E-state index is -0.703. The lowest BCUT2D eigenvalue weighted by Crippen LogP contribution is -2.36. The Morgan fingerprint density at radius 1 is 1.19 bits per heavy atom. The number of amides is 1. The molecule has 7 heteroatoms. The zero-order valence-electron chi connectivity index (χ0n) is 18.6. The summed E-state index contributed by atoms with van der Waals surface area (Å²) in [5, 5.41) is 11.5. The number of rotatable bonds is 7. The molecule has 0 spiro atoms. The Hall–Kier alpha value is -3.58. The third-order valence-electron chi connectivity index (χ3n) is 5.77. The number of aliphatic hydroxyl groups is 1. The van der Waals surface area contributed by atoms with Gasteiger partial charge in [0.25, 0.3) is 5.91 Å². The number of ether oxygens (including phenoxy) is 1. The van der Waals surface area contributed by atoms with Gasteiger partial charge in [-0.1, -0.05) is 36.4 Å². The maximum absolute atomic E-state index is 13.6. The van der Waals surface area contributed by atoms with E-state index in [9.17, 15) is 14.7 Å². The number of furan rings is 1. The number of likely N-dealkylation sites (N-methyl/N-ethyl adjacent to an activating group) is 1. The quantitative estimate of drug-likeness (QED) is 0.568. The van der Waals surface area contributed by atoms with E-state index in [1.165, 1.54) is 7.11 Å².